The molecule has 1 heterocycles. The number of rotatable bonds is 5. The van der Waals surface area contributed by atoms with E-state index in [2.05, 4.69) is 19.9 Å². The molecular formula is C9H15N5OS. The summed E-state index contributed by atoms with van der Waals surface area (Å²) in [5.74, 6) is 2.12. The van der Waals surface area contributed by atoms with Gasteiger partial charge in [-0.3, -0.25) is 10.7 Å². The summed E-state index contributed by atoms with van der Waals surface area (Å²) >= 11 is 1.54. The molecule has 0 saturated heterocycles. The van der Waals surface area contributed by atoms with Crippen LogP contribution in [0.25, 0.3) is 0 Å². The van der Waals surface area contributed by atoms with E-state index in [4.69, 9.17) is 5.21 Å². The number of nitrogens with zero attached hydrogens (tertiary/aromatic N) is 4. The molecule has 16 heavy (non-hydrogen) atoms. The molecule has 1 aromatic heterocycles. The molecule has 0 unspecified atom stereocenters. The lowest BCUT2D eigenvalue weighted by Gasteiger charge is -2.05. The van der Waals surface area contributed by atoms with Gasteiger partial charge in [0.1, 0.15) is 12.2 Å². The monoisotopic (exact) mass is 241 g/mol. The highest BCUT2D eigenvalue weighted by molar-refractivity contribution is 7.99. The van der Waals surface area contributed by atoms with Gasteiger partial charge in [0.15, 0.2) is 5.16 Å². The lowest BCUT2D eigenvalue weighted by molar-refractivity contribution is 0.240. The van der Waals surface area contributed by atoms with Crippen LogP contribution < -0.4 is 5.48 Å². The van der Waals surface area contributed by atoms with E-state index in [1.807, 2.05) is 26.3 Å². The van der Waals surface area contributed by atoms with Gasteiger partial charge in [0.05, 0.1) is 0 Å². The number of aromatic nitrogens is 3. The second-order valence-electron chi connectivity index (χ2n) is 3.25. The smallest absolute Gasteiger partial charge is 0.255 e. The minimum absolute atomic E-state index is 0.218. The summed E-state index contributed by atoms with van der Waals surface area (Å²) in [6, 6.07) is 0. The summed E-state index contributed by atoms with van der Waals surface area (Å²) < 4.78 is 0. The SMILES string of the molecule is CCSc1nc(/N=C/NO)nc(C(C)C)n1. The molecule has 2 N–H and O–H groups in total. The predicted molar refractivity (Wildman–Crippen MR) is 63.4 cm³/mol. The van der Waals surface area contributed by atoms with E-state index in [1.165, 1.54) is 11.8 Å². The van der Waals surface area contributed by atoms with E-state index in [0.717, 1.165) is 12.1 Å². The molecule has 0 aliphatic heterocycles. The molecule has 0 saturated carbocycles. The van der Waals surface area contributed by atoms with Crippen molar-refractivity contribution in [3.63, 3.8) is 0 Å². The molecule has 1 aromatic rings. The van der Waals surface area contributed by atoms with Crippen molar-refractivity contribution in [1.29, 1.82) is 0 Å². The Balaban J connectivity index is 3.03. The molecule has 6 nitrogen and oxygen atoms in total. The molecule has 0 atom stereocenters. The minimum Gasteiger partial charge on any atom is -0.290 e. The fourth-order valence-corrected chi connectivity index (χ4v) is 1.52. The van der Waals surface area contributed by atoms with Crippen molar-refractivity contribution in [1.82, 2.24) is 20.4 Å². The van der Waals surface area contributed by atoms with Crippen LogP contribution in [0.5, 0.6) is 0 Å². The maximum absolute atomic E-state index is 8.40. The van der Waals surface area contributed by atoms with Crippen molar-refractivity contribution >= 4 is 24.0 Å². The van der Waals surface area contributed by atoms with Crippen LogP contribution in [0, 0.1) is 0 Å². The zero-order valence-corrected chi connectivity index (χ0v) is 10.3. The van der Waals surface area contributed by atoms with Crippen LogP contribution in [0.4, 0.5) is 5.95 Å². The van der Waals surface area contributed by atoms with Crippen molar-refractivity contribution in [3.05, 3.63) is 5.82 Å². The summed E-state index contributed by atoms with van der Waals surface area (Å²) in [4.78, 5) is 16.5. The molecule has 0 radical (unpaired) electrons. The van der Waals surface area contributed by atoms with E-state index in [1.54, 1.807) is 0 Å². The summed E-state index contributed by atoms with van der Waals surface area (Å²) in [7, 11) is 0. The van der Waals surface area contributed by atoms with Crippen molar-refractivity contribution in [2.45, 2.75) is 31.8 Å². The highest BCUT2D eigenvalue weighted by Gasteiger charge is 2.08. The standard InChI is InChI=1S/C9H15N5OS/c1-4-16-9-13-7(6(2)3)12-8(14-9)10-5-11-15/h5-6,15H,4H2,1-3H3,(H,10,11,12,13,14). The van der Waals surface area contributed by atoms with E-state index in [-0.39, 0.29) is 5.92 Å². The number of thioether (sulfide) groups is 1. The quantitative estimate of drug-likeness (QED) is 0.353. The highest BCUT2D eigenvalue weighted by Crippen LogP contribution is 2.18. The van der Waals surface area contributed by atoms with Crippen LogP contribution in [0.1, 0.15) is 32.5 Å². The van der Waals surface area contributed by atoms with E-state index < -0.39 is 0 Å². The molecule has 0 spiro atoms. The summed E-state index contributed by atoms with van der Waals surface area (Å²) in [5.41, 5.74) is 1.82. The molecule has 0 amide bonds. The van der Waals surface area contributed by atoms with Crippen LogP contribution in [-0.4, -0.2) is 32.3 Å². The van der Waals surface area contributed by atoms with Gasteiger partial charge < -0.3 is 0 Å². The number of aliphatic imine (C=N–C) groups is 1. The Bertz CT molecular complexity index is 369. The summed E-state index contributed by atoms with van der Waals surface area (Å²) in [6.07, 6.45) is 1.12. The van der Waals surface area contributed by atoms with Gasteiger partial charge in [-0.05, 0) is 5.75 Å². The third-order valence-electron chi connectivity index (χ3n) is 1.65. The molecule has 7 heteroatoms. The van der Waals surface area contributed by atoms with E-state index in [0.29, 0.717) is 16.9 Å². The summed E-state index contributed by atoms with van der Waals surface area (Å²) in [6.45, 7) is 6.04. The van der Waals surface area contributed by atoms with Crippen molar-refractivity contribution in [2.75, 3.05) is 5.75 Å². The largest absolute Gasteiger partial charge is 0.290 e. The zero-order chi connectivity index (χ0) is 12.0. The molecular weight excluding hydrogens is 226 g/mol. The van der Waals surface area contributed by atoms with Gasteiger partial charge in [-0.2, -0.15) is 15.0 Å². The third kappa shape index (κ3) is 3.74. The number of nitrogens with one attached hydrogen (secondary N) is 1. The average molecular weight is 241 g/mol. The van der Waals surface area contributed by atoms with Crippen LogP contribution in [0.15, 0.2) is 10.1 Å². The van der Waals surface area contributed by atoms with Crippen molar-refractivity contribution in [2.24, 2.45) is 4.99 Å². The maximum Gasteiger partial charge on any atom is 0.255 e. The molecule has 1 rings (SSSR count). The lowest BCUT2D eigenvalue weighted by atomic mass is 10.2. The Labute approximate surface area is 98.6 Å². The van der Waals surface area contributed by atoms with Gasteiger partial charge in [0, 0.05) is 5.92 Å². The fourth-order valence-electron chi connectivity index (χ4n) is 0.957. The first kappa shape index (κ1) is 12.9. The van der Waals surface area contributed by atoms with Gasteiger partial charge in [-0.1, -0.05) is 32.5 Å². The number of hydrogen-bond donors (Lipinski definition) is 2. The number of hydroxylamine groups is 1. The molecule has 0 bridgehead atoms. The lowest BCUT2D eigenvalue weighted by Crippen LogP contribution is -2.04. The topological polar surface area (TPSA) is 83.3 Å². The van der Waals surface area contributed by atoms with Gasteiger partial charge in [0.25, 0.3) is 5.95 Å². The Morgan fingerprint density at radius 2 is 2.19 bits per heavy atom. The first-order valence-corrected chi connectivity index (χ1v) is 5.96. The molecule has 0 aliphatic rings. The van der Waals surface area contributed by atoms with E-state index >= 15 is 0 Å². The predicted octanol–water partition coefficient (Wildman–Crippen LogP) is 1.75. The highest BCUT2D eigenvalue weighted by atomic mass is 32.2. The minimum atomic E-state index is 0.218. The van der Waals surface area contributed by atoms with Crippen molar-refractivity contribution in [3.8, 4) is 0 Å². The molecule has 0 fully saturated rings. The molecule has 0 aliphatic carbocycles. The Kier molecular flexibility index (Phi) is 5.13. The maximum atomic E-state index is 8.40. The van der Waals surface area contributed by atoms with Gasteiger partial charge >= 0.3 is 0 Å². The normalized spacial score (nSPS) is 11.3. The zero-order valence-electron chi connectivity index (χ0n) is 9.51. The summed E-state index contributed by atoms with van der Waals surface area (Å²) in [5, 5.41) is 9.06. The van der Waals surface area contributed by atoms with Gasteiger partial charge in [-0.15, -0.1) is 0 Å². The van der Waals surface area contributed by atoms with Crippen LogP contribution in [0.3, 0.4) is 0 Å². The fraction of sp³-hybridized carbons (Fsp3) is 0.556. The van der Waals surface area contributed by atoms with Crippen LogP contribution in [0.2, 0.25) is 0 Å². The Morgan fingerprint density at radius 3 is 2.75 bits per heavy atom. The first-order chi connectivity index (χ1) is 7.67. The van der Waals surface area contributed by atoms with Gasteiger partial charge in [0.2, 0.25) is 0 Å². The number of hydrogen-bond acceptors (Lipinski definition) is 6. The van der Waals surface area contributed by atoms with Crippen LogP contribution >= 0.6 is 11.8 Å². The Hall–Kier alpha value is -1.21. The second-order valence-corrected chi connectivity index (χ2v) is 4.48. The molecule has 0 aromatic carbocycles. The second kappa shape index (κ2) is 6.39. The van der Waals surface area contributed by atoms with Crippen molar-refractivity contribution < 1.29 is 5.21 Å². The molecule has 88 valence electrons. The van der Waals surface area contributed by atoms with E-state index in [9.17, 15) is 0 Å². The average Bonchev–Trinajstić information content (AvgIpc) is 2.26. The van der Waals surface area contributed by atoms with Gasteiger partial charge in [-0.25, -0.2) is 4.98 Å². The third-order valence-corrected chi connectivity index (χ3v) is 2.38. The Morgan fingerprint density at radius 1 is 1.44 bits per heavy atom. The first-order valence-electron chi connectivity index (χ1n) is 4.98. The van der Waals surface area contributed by atoms with Crippen LogP contribution in [-0.2, 0) is 0 Å².